The van der Waals surface area contributed by atoms with Crippen LogP contribution in [0.3, 0.4) is 0 Å². The molecule has 2 aromatic heterocycles. The molecule has 6 nitrogen and oxygen atoms in total. The average molecular weight is 328 g/mol. The molecule has 0 radical (unpaired) electrons. The molecule has 1 amide bonds. The van der Waals surface area contributed by atoms with Crippen LogP contribution in [0.25, 0.3) is 10.6 Å². The highest BCUT2D eigenvalue weighted by molar-refractivity contribution is 7.13. The quantitative estimate of drug-likeness (QED) is 0.797. The van der Waals surface area contributed by atoms with Gasteiger partial charge in [0, 0.05) is 11.6 Å². The van der Waals surface area contributed by atoms with Gasteiger partial charge in [0.25, 0.3) is 5.91 Å². The Morgan fingerprint density at radius 1 is 1.22 bits per heavy atom. The topological polar surface area (TPSA) is 73.6 Å². The van der Waals surface area contributed by atoms with Gasteiger partial charge in [-0.05, 0) is 29.6 Å². The van der Waals surface area contributed by atoms with Crippen LogP contribution in [-0.4, -0.2) is 17.9 Å². The van der Waals surface area contributed by atoms with E-state index < -0.39 is 0 Å². The van der Waals surface area contributed by atoms with Crippen LogP contribution in [0.15, 0.2) is 46.3 Å². The zero-order valence-electron chi connectivity index (χ0n) is 11.9. The lowest BCUT2D eigenvalue weighted by Crippen LogP contribution is -2.22. The number of hydrogen-bond donors (Lipinski definition) is 1. The maximum atomic E-state index is 12.2. The molecule has 0 atom stereocenters. The molecule has 0 fully saturated rings. The van der Waals surface area contributed by atoms with E-state index in [-0.39, 0.29) is 12.7 Å². The number of nitrogens with zero attached hydrogens (tertiary/aromatic N) is 1. The molecule has 0 spiro atoms. The maximum absolute atomic E-state index is 12.2. The van der Waals surface area contributed by atoms with Crippen molar-refractivity contribution in [3.8, 4) is 22.1 Å². The minimum atomic E-state index is -0.205. The third-order valence-corrected chi connectivity index (χ3v) is 4.27. The standard InChI is InChI=1S/C16H12N2O4S/c19-16(10-3-4-12-13(6-10)21-9-20-12)17-8-11-7-14(22-18-11)15-2-1-5-23-15/h1-7H,8-9H2,(H,17,19). The number of amides is 1. The minimum Gasteiger partial charge on any atom is -0.454 e. The van der Waals surface area contributed by atoms with Gasteiger partial charge < -0.3 is 19.3 Å². The Morgan fingerprint density at radius 3 is 3.00 bits per heavy atom. The summed E-state index contributed by atoms with van der Waals surface area (Å²) in [5.41, 5.74) is 1.18. The van der Waals surface area contributed by atoms with Crippen LogP contribution in [0, 0.1) is 0 Å². The highest BCUT2D eigenvalue weighted by atomic mass is 32.1. The van der Waals surface area contributed by atoms with Crippen LogP contribution in [0.4, 0.5) is 0 Å². The van der Waals surface area contributed by atoms with Gasteiger partial charge in [0.2, 0.25) is 6.79 Å². The second-order valence-electron chi connectivity index (χ2n) is 4.91. The predicted octanol–water partition coefficient (Wildman–Crippen LogP) is 3.06. The zero-order valence-corrected chi connectivity index (χ0v) is 12.8. The van der Waals surface area contributed by atoms with Crippen molar-refractivity contribution in [1.82, 2.24) is 10.5 Å². The number of carbonyl (C=O) groups is 1. The Morgan fingerprint density at radius 2 is 2.13 bits per heavy atom. The van der Waals surface area contributed by atoms with E-state index in [1.807, 2.05) is 23.6 Å². The number of nitrogens with one attached hydrogen (secondary N) is 1. The fourth-order valence-corrected chi connectivity index (χ4v) is 2.91. The van der Waals surface area contributed by atoms with Gasteiger partial charge in [-0.2, -0.15) is 0 Å². The van der Waals surface area contributed by atoms with Gasteiger partial charge in [-0.3, -0.25) is 4.79 Å². The second-order valence-corrected chi connectivity index (χ2v) is 5.86. The summed E-state index contributed by atoms with van der Waals surface area (Å²) in [6.45, 7) is 0.479. The van der Waals surface area contributed by atoms with Crippen LogP contribution >= 0.6 is 11.3 Å². The Bertz CT molecular complexity index is 842. The first kappa shape index (κ1) is 13.8. The van der Waals surface area contributed by atoms with Crippen molar-refractivity contribution in [1.29, 1.82) is 0 Å². The molecule has 1 aliphatic rings. The van der Waals surface area contributed by atoms with E-state index in [4.69, 9.17) is 14.0 Å². The van der Waals surface area contributed by atoms with Gasteiger partial charge in [-0.1, -0.05) is 11.2 Å². The third kappa shape index (κ3) is 2.78. The molecule has 3 heterocycles. The largest absolute Gasteiger partial charge is 0.454 e. The molecule has 3 aromatic rings. The number of rotatable bonds is 4. The number of hydrogen-bond acceptors (Lipinski definition) is 6. The lowest BCUT2D eigenvalue weighted by atomic mass is 10.2. The highest BCUT2D eigenvalue weighted by Gasteiger charge is 2.16. The van der Waals surface area contributed by atoms with Gasteiger partial charge in [0.05, 0.1) is 11.4 Å². The number of thiophene rings is 1. The first-order valence-electron chi connectivity index (χ1n) is 6.97. The molecular weight excluding hydrogens is 316 g/mol. The van der Waals surface area contributed by atoms with Gasteiger partial charge in [-0.25, -0.2) is 0 Å². The molecule has 0 saturated heterocycles. The molecule has 116 valence electrons. The van der Waals surface area contributed by atoms with Gasteiger partial charge in [0.15, 0.2) is 17.3 Å². The van der Waals surface area contributed by atoms with Gasteiger partial charge >= 0.3 is 0 Å². The predicted molar refractivity (Wildman–Crippen MR) is 83.6 cm³/mol. The fourth-order valence-electron chi connectivity index (χ4n) is 2.24. The maximum Gasteiger partial charge on any atom is 0.251 e. The number of carbonyl (C=O) groups excluding carboxylic acids is 1. The SMILES string of the molecule is O=C(NCc1cc(-c2cccs2)on1)c1ccc2c(c1)OCO2. The molecule has 0 aliphatic carbocycles. The normalized spacial score (nSPS) is 12.3. The van der Waals surface area contributed by atoms with Crippen LogP contribution in [0.2, 0.25) is 0 Å². The molecule has 0 saturated carbocycles. The molecule has 1 aliphatic heterocycles. The van der Waals surface area contributed by atoms with E-state index in [2.05, 4.69) is 10.5 Å². The summed E-state index contributed by atoms with van der Waals surface area (Å²) in [4.78, 5) is 13.2. The Kier molecular flexibility index (Phi) is 3.47. The summed E-state index contributed by atoms with van der Waals surface area (Å²) in [5.74, 6) is 1.73. The van der Waals surface area contributed by atoms with Crippen molar-refractivity contribution < 1.29 is 18.8 Å². The highest BCUT2D eigenvalue weighted by Crippen LogP contribution is 2.32. The molecular formula is C16H12N2O4S. The van der Waals surface area contributed by atoms with E-state index in [1.165, 1.54) is 0 Å². The summed E-state index contributed by atoms with van der Waals surface area (Å²) in [6, 6.07) is 10.8. The molecule has 4 rings (SSSR count). The molecule has 1 N–H and O–H groups in total. The van der Waals surface area contributed by atoms with Crippen molar-refractivity contribution in [2.75, 3.05) is 6.79 Å². The summed E-state index contributed by atoms with van der Waals surface area (Å²) in [6.07, 6.45) is 0. The number of benzene rings is 1. The van der Waals surface area contributed by atoms with Crippen LogP contribution < -0.4 is 14.8 Å². The fraction of sp³-hybridized carbons (Fsp3) is 0.125. The van der Waals surface area contributed by atoms with E-state index in [0.717, 1.165) is 4.88 Å². The van der Waals surface area contributed by atoms with Crippen molar-refractivity contribution in [3.05, 3.63) is 53.0 Å². The van der Waals surface area contributed by atoms with E-state index in [1.54, 1.807) is 29.5 Å². The molecule has 0 unspecified atom stereocenters. The van der Waals surface area contributed by atoms with Crippen molar-refractivity contribution >= 4 is 17.2 Å². The Hall–Kier alpha value is -2.80. The zero-order chi connectivity index (χ0) is 15.6. The third-order valence-electron chi connectivity index (χ3n) is 3.39. The van der Waals surface area contributed by atoms with E-state index in [9.17, 15) is 4.79 Å². The molecule has 7 heteroatoms. The van der Waals surface area contributed by atoms with Crippen LogP contribution in [0.1, 0.15) is 16.1 Å². The van der Waals surface area contributed by atoms with E-state index >= 15 is 0 Å². The lowest BCUT2D eigenvalue weighted by Gasteiger charge is -2.04. The first-order valence-corrected chi connectivity index (χ1v) is 7.85. The summed E-state index contributed by atoms with van der Waals surface area (Å²) >= 11 is 1.58. The summed E-state index contributed by atoms with van der Waals surface area (Å²) in [7, 11) is 0. The summed E-state index contributed by atoms with van der Waals surface area (Å²) < 4.78 is 15.8. The number of aromatic nitrogens is 1. The second kappa shape index (κ2) is 5.77. The smallest absolute Gasteiger partial charge is 0.251 e. The summed E-state index contributed by atoms with van der Waals surface area (Å²) in [5, 5.41) is 8.75. The number of ether oxygens (including phenoxy) is 2. The monoisotopic (exact) mass is 328 g/mol. The molecule has 1 aromatic carbocycles. The molecule has 0 bridgehead atoms. The average Bonchev–Trinajstić information content (AvgIpc) is 3.32. The van der Waals surface area contributed by atoms with Crippen LogP contribution in [-0.2, 0) is 6.54 Å². The Labute approximate surface area is 135 Å². The van der Waals surface area contributed by atoms with Crippen molar-refractivity contribution in [3.63, 3.8) is 0 Å². The van der Waals surface area contributed by atoms with Gasteiger partial charge in [-0.15, -0.1) is 11.3 Å². The first-order chi connectivity index (χ1) is 11.3. The minimum absolute atomic E-state index is 0.185. The van der Waals surface area contributed by atoms with Crippen molar-refractivity contribution in [2.24, 2.45) is 0 Å². The van der Waals surface area contributed by atoms with E-state index in [0.29, 0.717) is 35.1 Å². The molecule has 23 heavy (non-hydrogen) atoms. The van der Waals surface area contributed by atoms with Crippen molar-refractivity contribution in [2.45, 2.75) is 6.54 Å². The lowest BCUT2D eigenvalue weighted by molar-refractivity contribution is 0.0949. The van der Waals surface area contributed by atoms with Crippen LogP contribution in [0.5, 0.6) is 11.5 Å². The Balaban J connectivity index is 1.42. The number of fused-ring (bicyclic) bond motifs is 1. The van der Waals surface area contributed by atoms with Gasteiger partial charge in [0.1, 0.15) is 5.69 Å².